The van der Waals surface area contributed by atoms with Gasteiger partial charge in [0.2, 0.25) is 11.8 Å². The number of nitrogens with one attached hydrogen (secondary N) is 1. The molecular weight excluding hydrogens is 492 g/mol. The maximum absolute atomic E-state index is 13.6. The van der Waals surface area contributed by atoms with Crippen molar-refractivity contribution < 1.29 is 23.9 Å². The number of likely N-dealkylation sites (tertiary alicyclic amines) is 1. The van der Waals surface area contributed by atoms with Gasteiger partial charge in [-0.05, 0) is 46.2 Å². The van der Waals surface area contributed by atoms with Crippen molar-refractivity contribution in [3.05, 3.63) is 100 Å². The van der Waals surface area contributed by atoms with Crippen LogP contribution < -0.4 is 5.32 Å². The number of para-hydroxylation sites is 1. The zero-order chi connectivity index (χ0) is 27.3. The molecule has 3 aliphatic carbocycles. The van der Waals surface area contributed by atoms with Crippen LogP contribution in [0.4, 0.5) is 5.69 Å². The molecule has 198 valence electrons. The number of aryl methyl sites for hydroxylation is 2. The number of nitrogens with zero attached hydrogens (tertiary/aromatic N) is 1. The van der Waals surface area contributed by atoms with E-state index < -0.39 is 36.9 Å². The molecule has 1 fully saturated rings. The summed E-state index contributed by atoms with van der Waals surface area (Å²) in [6.07, 6.45) is 1.50. The van der Waals surface area contributed by atoms with Crippen LogP contribution in [0.3, 0.4) is 0 Å². The van der Waals surface area contributed by atoms with E-state index >= 15 is 0 Å². The van der Waals surface area contributed by atoms with E-state index in [-0.39, 0.29) is 23.7 Å². The molecule has 39 heavy (non-hydrogen) atoms. The van der Waals surface area contributed by atoms with Gasteiger partial charge >= 0.3 is 5.97 Å². The molecular formula is C32H30N2O5. The molecule has 7 heteroatoms. The van der Waals surface area contributed by atoms with Gasteiger partial charge in [0.05, 0.1) is 11.8 Å². The first-order valence-corrected chi connectivity index (χ1v) is 13.5. The fourth-order valence-corrected chi connectivity index (χ4v) is 6.79. The number of ether oxygens (including phenoxy) is 1. The lowest BCUT2D eigenvalue weighted by atomic mass is 9.55. The summed E-state index contributed by atoms with van der Waals surface area (Å²) in [7, 11) is 0. The molecule has 1 saturated heterocycles. The van der Waals surface area contributed by atoms with Gasteiger partial charge < -0.3 is 10.1 Å². The third kappa shape index (κ3) is 3.95. The molecule has 2 bridgehead atoms. The average Bonchev–Trinajstić information content (AvgIpc) is 3.21. The largest absolute Gasteiger partial charge is 0.454 e. The quantitative estimate of drug-likeness (QED) is 0.371. The summed E-state index contributed by atoms with van der Waals surface area (Å²) in [6, 6.07) is 21.8. The highest BCUT2D eigenvalue weighted by Gasteiger charge is 2.61. The third-order valence-electron chi connectivity index (χ3n) is 8.45. The standard InChI is InChI=1S/C32H30N2O5/c1-3-18-10-9-11-19(4-2)30(18)33-24(35)17-39-25(36)16-34-31(37)28-26-20-12-5-6-13-21(20)27(29(28)32(34)38)23-15-8-7-14-22(23)26/h5-15,26-29H,3-4,16-17H2,1-2H3,(H,33,35)/t26?,27?,28-,29-/m0/s1. The van der Waals surface area contributed by atoms with Crippen LogP contribution in [0.15, 0.2) is 66.7 Å². The van der Waals surface area contributed by atoms with Crippen molar-refractivity contribution in [3.8, 4) is 0 Å². The lowest BCUT2D eigenvalue weighted by molar-refractivity contribution is -0.154. The molecule has 0 saturated carbocycles. The Morgan fingerprint density at radius 3 is 1.64 bits per heavy atom. The minimum Gasteiger partial charge on any atom is -0.454 e. The molecule has 1 N–H and O–H groups in total. The van der Waals surface area contributed by atoms with Gasteiger partial charge in [0.25, 0.3) is 5.91 Å². The molecule has 0 unspecified atom stereocenters. The van der Waals surface area contributed by atoms with Crippen LogP contribution in [-0.4, -0.2) is 41.7 Å². The van der Waals surface area contributed by atoms with E-state index in [0.717, 1.165) is 56.8 Å². The van der Waals surface area contributed by atoms with Crippen molar-refractivity contribution in [2.75, 3.05) is 18.5 Å². The molecule has 7 nitrogen and oxygen atoms in total. The molecule has 0 spiro atoms. The van der Waals surface area contributed by atoms with Crippen LogP contribution >= 0.6 is 0 Å². The number of carbonyl (C=O) groups excluding carboxylic acids is 4. The van der Waals surface area contributed by atoms with Crippen molar-refractivity contribution >= 4 is 29.4 Å². The molecule has 2 atom stereocenters. The topological polar surface area (TPSA) is 92.8 Å². The first-order valence-electron chi connectivity index (χ1n) is 13.5. The third-order valence-corrected chi connectivity index (χ3v) is 8.45. The predicted octanol–water partition coefficient (Wildman–Crippen LogP) is 4.19. The highest BCUT2D eigenvalue weighted by Crippen LogP contribution is 2.60. The number of amides is 3. The molecule has 3 amide bonds. The summed E-state index contributed by atoms with van der Waals surface area (Å²) in [5.41, 5.74) is 7.04. The van der Waals surface area contributed by atoms with Crippen LogP contribution in [-0.2, 0) is 36.8 Å². The van der Waals surface area contributed by atoms with Crippen LogP contribution in [0.25, 0.3) is 0 Å². The highest BCUT2D eigenvalue weighted by molar-refractivity contribution is 6.09. The molecule has 1 heterocycles. The summed E-state index contributed by atoms with van der Waals surface area (Å²) in [5, 5.41) is 2.86. The second kappa shape index (κ2) is 9.80. The van der Waals surface area contributed by atoms with Crippen molar-refractivity contribution in [3.63, 3.8) is 0 Å². The summed E-state index contributed by atoms with van der Waals surface area (Å²) >= 11 is 0. The van der Waals surface area contributed by atoms with Crippen molar-refractivity contribution in [2.45, 2.75) is 38.5 Å². The minimum absolute atomic E-state index is 0.234. The van der Waals surface area contributed by atoms with Crippen LogP contribution in [0, 0.1) is 11.8 Å². The molecule has 3 aromatic rings. The lowest BCUT2D eigenvalue weighted by Crippen LogP contribution is -2.41. The maximum Gasteiger partial charge on any atom is 0.326 e. The van der Waals surface area contributed by atoms with E-state index in [0.29, 0.717) is 0 Å². The Morgan fingerprint density at radius 1 is 0.744 bits per heavy atom. The number of benzene rings is 3. The number of anilines is 1. The number of hydrogen-bond donors (Lipinski definition) is 1. The van der Waals surface area contributed by atoms with Gasteiger partial charge in [-0.1, -0.05) is 80.6 Å². The first kappa shape index (κ1) is 25.0. The van der Waals surface area contributed by atoms with Gasteiger partial charge in [-0.3, -0.25) is 24.1 Å². The van der Waals surface area contributed by atoms with E-state index in [1.54, 1.807) is 0 Å². The number of carbonyl (C=O) groups is 4. The smallest absolute Gasteiger partial charge is 0.326 e. The van der Waals surface area contributed by atoms with Crippen molar-refractivity contribution in [1.29, 1.82) is 0 Å². The molecule has 0 aromatic heterocycles. The van der Waals surface area contributed by atoms with E-state index in [4.69, 9.17) is 4.74 Å². The molecule has 3 aromatic carbocycles. The summed E-state index contributed by atoms with van der Waals surface area (Å²) in [5.74, 6) is -3.53. The summed E-state index contributed by atoms with van der Waals surface area (Å²) in [6.45, 7) is 3.02. The Labute approximate surface area is 227 Å². The summed E-state index contributed by atoms with van der Waals surface area (Å²) < 4.78 is 5.23. The monoisotopic (exact) mass is 522 g/mol. The van der Waals surface area contributed by atoms with E-state index in [2.05, 4.69) is 5.32 Å². The lowest BCUT2D eigenvalue weighted by Gasteiger charge is -2.45. The highest BCUT2D eigenvalue weighted by atomic mass is 16.5. The van der Waals surface area contributed by atoms with E-state index in [1.807, 2.05) is 80.6 Å². The fraction of sp³-hybridized carbons (Fsp3) is 0.312. The van der Waals surface area contributed by atoms with Gasteiger partial charge in [-0.25, -0.2) is 0 Å². The SMILES string of the molecule is CCc1cccc(CC)c1NC(=O)COC(=O)CN1C(=O)[C@H]2C3c4ccccc4C(c4ccccc43)[C@@H]2C1=O. The van der Waals surface area contributed by atoms with Crippen LogP contribution in [0.1, 0.15) is 59.1 Å². The van der Waals surface area contributed by atoms with Gasteiger partial charge in [0, 0.05) is 17.5 Å². The Kier molecular flexibility index (Phi) is 6.29. The predicted molar refractivity (Wildman–Crippen MR) is 145 cm³/mol. The Balaban J connectivity index is 1.17. The Bertz CT molecular complexity index is 1370. The van der Waals surface area contributed by atoms with Gasteiger partial charge in [-0.15, -0.1) is 0 Å². The molecule has 1 aliphatic heterocycles. The van der Waals surface area contributed by atoms with Crippen molar-refractivity contribution in [2.24, 2.45) is 11.8 Å². The van der Waals surface area contributed by atoms with Gasteiger partial charge in [-0.2, -0.15) is 0 Å². The second-order valence-electron chi connectivity index (χ2n) is 10.4. The number of hydrogen-bond acceptors (Lipinski definition) is 5. The summed E-state index contributed by atoms with van der Waals surface area (Å²) in [4.78, 5) is 53.7. The molecule has 4 aliphatic rings. The number of esters is 1. The van der Waals surface area contributed by atoms with Crippen molar-refractivity contribution in [1.82, 2.24) is 4.90 Å². The normalized spacial score (nSPS) is 22.3. The van der Waals surface area contributed by atoms with Crippen LogP contribution in [0.5, 0.6) is 0 Å². The number of imide groups is 1. The Morgan fingerprint density at radius 2 is 1.21 bits per heavy atom. The van der Waals surface area contributed by atoms with Crippen LogP contribution in [0.2, 0.25) is 0 Å². The van der Waals surface area contributed by atoms with Gasteiger partial charge in [0.15, 0.2) is 6.61 Å². The average molecular weight is 523 g/mol. The second-order valence-corrected chi connectivity index (χ2v) is 10.4. The molecule has 7 rings (SSSR count). The molecule has 0 radical (unpaired) electrons. The Hall–Kier alpha value is -4.26. The number of rotatable bonds is 7. The van der Waals surface area contributed by atoms with Gasteiger partial charge in [0.1, 0.15) is 6.54 Å². The van der Waals surface area contributed by atoms with E-state index in [9.17, 15) is 19.2 Å². The van der Waals surface area contributed by atoms with E-state index in [1.165, 1.54) is 0 Å². The first-order chi connectivity index (χ1) is 18.9. The zero-order valence-electron chi connectivity index (χ0n) is 22.0. The fourth-order valence-electron chi connectivity index (χ4n) is 6.79. The maximum atomic E-state index is 13.6. The zero-order valence-corrected chi connectivity index (χ0v) is 22.0. The minimum atomic E-state index is -0.785.